The summed E-state index contributed by atoms with van der Waals surface area (Å²) in [6.07, 6.45) is -12.1. The van der Waals surface area contributed by atoms with Crippen LogP contribution in [-0.2, 0) is 10.4 Å². The zero-order valence-corrected chi connectivity index (χ0v) is 9.01. The minimum absolute atomic E-state index is 0.0913. The third-order valence-electron chi connectivity index (χ3n) is 2.35. The van der Waals surface area contributed by atoms with Crippen LogP contribution >= 0.6 is 0 Å². The van der Waals surface area contributed by atoms with Gasteiger partial charge in [-0.25, -0.2) is 0 Å². The van der Waals surface area contributed by atoms with Crippen LogP contribution in [-0.4, -0.2) is 23.9 Å². The lowest BCUT2D eigenvalue weighted by atomic mass is 9.90. The van der Waals surface area contributed by atoms with Crippen LogP contribution in [0.4, 0.5) is 32.0 Å². The number of halogens is 6. The number of nitrogens with one attached hydrogen (secondary N) is 1. The average molecular weight is 287 g/mol. The SMILES string of the molecule is O=CNc1ccccc1C(O)(C(F)(F)F)C(F)(F)F. The van der Waals surface area contributed by atoms with Crippen molar-refractivity contribution < 1.29 is 36.2 Å². The minimum Gasteiger partial charge on any atom is -0.369 e. The highest BCUT2D eigenvalue weighted by Gasteiger charge is 2.72. The van der Waals surface area contributed by atoms with Gasteiger partial charge in [0.2, 0.25) is 6.41 Å². The van der Waals surface area contributed by atoms with Crippen molar-refractivity contribution in [2.24, 2.45) is 0 Å². The van der Waals surface area contributed by atoms with E-state index in [-0.39, 0.29) is 6.41 Å². The predicted molar refractivity (Wildman–Crippen MR) is 52.1 cm³/mol. The second-order valence-electron chi connectivity index (χ2n) is 3.51. The van der Waals surface area contributed by atoms with Crippen molar-refractivity contribution in [3.05, 3.63) is 29.8 Å². The third kappa shape index (κ3) is 2.50. The number of rotatable bonds is 3. The van der Waals surface area contributed by atoms with Crippen molar-refractivity contribution in [2.75, 3.05) is 5.32 Å². The molecule has 2 N–H and O–H groups in total. The number of amides is 1. The molecule has 0 fully saturated rings. The van der Waals surface area contributed by atoms with E-state index in [1.165, 1.54) is 0 Å². The van der Waals surface area contributed by atoms with Gasteiger partial charge in [-0.05, 0) is 6.07 Å². The maximum atomic E-state index is 12.6. The van der Waals surface area contributed by atoms with Crippen LogP contribution in [0.2, 0.25) is 0 Å². The van der Waals surface area contributed by atoms with Gasteiger partial charge in [0.1, 0.15) is 0 Å². The number of alkyl halides is 6. The highest BCUT2D eigenvalue weighted by atomic mass is 19.4. The topological polar surface area (TPSA) is 49.3 Å². The van der Waals surface area contributed by atoms with Gasteiger partial charge >= 0.3 is 12.4 Å². The largest absolute Gasteiger partial charge is 0.430 e. The fraction of sp³-hybridized carbons (Fsp3) is 0.300. The van der Waals surface area contributed by atoms with Crippen molar-refractivity contribution in [1.82, 2.24) is 0 Å². The standard InChI is InChI=1S/C10H7F6NO2/c11-9(12,13)8(19,10(14,15)16)6-3-1-2-4-7(6)17-5-18/h1-5,19H,(H,17,18). The smallest absolute Gasteiger partial charge is 0.369 e. The van der Waals surface area contributed by atoms with E-state index in [4.69, 9.17) is 5.11 Å². The van der Waals surface area contributed by atoms with Gasteiger partial charge in [0.25, 0.3) is 5.60 Å². The van der Waals surface area contributed by atoms with E-state index in [1.807, 2.05) is 0 Å². The molecule has 106 valence electrons. The number of carbonyl (C=O) groups excluding carboxylic acids is 1. The summed E-state index contributed by atoms with van der Waals surface area (Å²) >= 11 is 0. The first-order valence-corrected chi connectivity index (χ1v) is 4.71. The summed E-state index contributed by atoms with van der Waals surface area (Å²) in [5, 5.41) is 10.8. The van der Waals surface area contributed by atoms with Crippen LogP contribution in [0.1, 0.15) is 5.56 Å². The van der Waals surface area contributed by atoms with Gasteiger partial charge in [-0.15, -0.1) is 0 Å². The molecule has 1 rings (SSSR count). The molecule has 1 aromatic carbocycles. The Kier molecular flexibility index (Phi) is 3.80. The molecule has 1 amide bonds. The summed E-state index contributed by atoms with van der Waals surface area (Å²) in [5.41, 5.74) is -7.34. The van der Waals surface area contributed by atoms with E-state index in [1.54, 1.807) is 5.32 Å². The molecule has 0 aromatic heterocycles. The van der Waals surface area contributed by atoms with E-state index in [2.05, 4.69) is 0 Å². The lowest BCUT2D eigenvalue weighted by molar-refractivity contribution is -0.376. The van der Waals surface area contributed by atoms with Gasteiger partial charge in [-0.3, -0.25) is 4.79 Å². The monoisotopic (exact) mass is 287 g/mol. The number of carbonyl (C=O) groups is 1. The minimum atomic E-state index is -5.99. The van der Waals surface area contributed by atoms with Crippen molar-refractivity contribution in [2.45, 2.75) is 18.0 Å². The fourth-order valence-corrected chi connectivity index (χ4v) is 1.45. The van der Waals surface area contributed by atoms with E-state index in [0.717, 1.165) is 18.2 Å². The molecule has 3 nitrogen and oxygen atoms in total. The number of para-hydroxylation sites is 1. The van der Waals surface area contributed by atoms with E-state index < -0.39 is 29.2 Å². The normalized spacial score (nSPS) is 13.2. The van der Waals surface area contributed by atoms with E-state index in [9.17, 15) is 31.1 Å². The molecule has 19 heavy (non-hydrogen) atoms. The molecule has 0 aliphatic carbocycles. The zero-order valence-electron chi connectivity index (χ0n) is 9.01. The third-order valence-corrected chi connectivity index (χ3v) is 2.35. The molecule has 0 atom stereocenters. The average Bonchev–Trinajstić information content (AvgIpc) is 2.26. The van der Waals surface area contributed by atoms with Crippen molar-refractivity contribution >= 4 is 12.1 Å². The summed E-state index contributed by atoms with van der Waals surface area (Å²) in [6.45, 7) is 0. The molecule has 1 aromatic rings. The van der Waals surface area contributed by atoms with Gasteiger partial charge in [0, 0.05) is 11.3 Å². The number of hydrogen-bond acceptors (Lipinski definition) is 2. The quantitative estimate of drug-likeness (QED) is 0.663. The molecule has 0 saturated heterocycles. The van der Waals surface area contributed by atoms with Crippen molar-refractivity contribution in [3.63, 3.8) is 0 Å². The first-order valence-electron chi connectivity index (χ1n) is 4.71. The lowest BCUT2D eigenvalue weighted by Crippen LogP contribution is -2.54. The molecule has 0 heterocycles. The summed E-state index contributed by atoms with van der Waals surface area (Å²) in [5.74, 6) is 0. The maximum absolute atomic E-state index is 12.6. The zero-order chi connectivity index (χ0) is 14.9. The Bertz CT molecular complexity index is 454. The van der Waals surface area contributed by atoms with Gasteiger partial charge in [0.15, 0.2) is 0 Å². The summed E-state index contributed by atoms with van der Waals surface area (Å²) in [4.78, 5) is 10.2. The van der Waals surface area contributed by atoms with Gasteiger partial charge < -0.3 is 10.4 Å². The second kappa shape index (κ2) is 4.72. The summed E-state index contributed by atoms with van der Waals surface area (Å²) in [7, 11) is 0. The molecule has 9 heteroatoms. The van der Waals surface area contributed by atoms with Crippen LogP contribution in [0, 0.1) is 0 Å². The molecular formula is C10H7F6NO2. The first-order chi connectivity index (χ1) is 8.55. The lowest BCUT2D eigenvalue weighted by Gasteiger charge is -2.33. The van der Waals surface area contributed by atoms with Gasteiger partial charge in [0.05, 0.1) is 0 Å². The Morgan fingerprint density at radius 3 is 1.89 bits per heavy atom. The van der Waals surface area contributed by atoms with Crippen LogP contribution in [0.15, 0.2) is 24.3 Å². The number of hydrogen-bond donors (Lipinski definition) is 2. The number of aliphatic hydroxyl groups is 1. The number of benzene rings is 1. The van der Waals surface area contributed by atoms with Gasteiger partial charge in [-0.1, -0.05) is 18.2 Å². The summed E-state index contributed by atoms with van der Waals surface area (Å²) < 4.78 is 75.7. The molecular weight excluding hydrogens is 280 g/mol. The first kappa shape index (κ1) is 15.3. The van der Waals surface area contributed by atoms with Crippen LogP contribution in [0.3, 0.4) is 0 Å². The molecule has 0 aliphatic rings. The molecule has 0 aliphatic heterocycles. The Morgan fingerprint density at radius 1 is 1.00 bits per heavy atom. The molecule has 0 bridgehead atoms. The highest BCUT2D eigenvalue weighted by Crippen LogP contribution is 2.51. The summed E-state index contributed by atoms with van der Waals surface area (Å²) in [6, 6.07) is 3.25. The molecule has 0 unspecified atom stereocenters. The van der Waals surface area contributed by atoms with Crippen LogP contribution in [0.5, 0.6) is 0 Å². The Morgan fingerprint density at radius 2 is 1.47 bits per heavy atom. The highest BCUT2D eigenvalue weighted by molar-refractivity contribution is 5.74. The van der Waals surface area contributed by atoms with Crippen LogP contribution in [0.25, 0.3) is 0 Å². The van der Waals surface area contributed by atoms with Crippen LogP contribution < -0.4 is 5.32 Å². The van der Waals surface area contributed by atoms with E-state index in [0.29, 0.717) is 6.07 Å². The molecule has 0 radical (unpaired) electrons. The van der Waals surface area contributed by atoms with E-state index >= 15 is 0 Å². The Balaban J connectivity index is 3.56. The fourth-order valence-electron chi connectivity index (χ4n) is 1.45. The maximum Gasteiger partial charge on any atom is 0.430 e. The van der Waals surface area contributed by atoms with Crippen molar-refractivity contribution in [1.29, 1.82) is 0 Å². The molecule has 0 spiro atoms. The predicted octanol–water partition coefficient (Wildman–Crippen LogP) is 2.57. The van der Waals surface area contributed by atoms with Crippen molar-refractivity contribution in [3.8, 4) is 0 Å². The Labute approximate surface area is 102 Å². The number of anilines is 1. The Hall–Kier alpha value is -1.77. The second-order valence-corrected chi connectivity index (χ2v) is 3.51. The van der Waals surface area contributed by atoms with Gasteiger partial charge in [-0.2, -0.15) is 26.3 Å². The molecule has 0 saturated carbocycles.